The van der Waals surface area contributed by atoms with E-state index in [4.69, 9.17) is 12.2 Å². The van der Waals surface area contributed by atoms with Crippen molar-refractivity contribution >= 4 is 28.7 Å². The maximum absolute atomic E-state index is 5.01. The van der Waals surface area contributed by atoms with E-state index in [0.717, 1.165) is 41.8 Å². The second-order valence-corrected chi connectivity index (χ2v) is 4.96. The normalized spacial score (nSPS) is 18.8. The number of aromatic nitrogens is 2. The summed E-state index contributed by atoms with van der Waals surface area (Å²) in [6.45, 7) is 7.72. The van der Waals surface area contributed by atoms with Gasteiger partial charge in [-0.05, 0) is 18.8 Å². The van der Waals surface area contributed by atoms with Gasteiger partial charge in [-0.2, -0.15) is 0 Å². The molecule has 1 aliphatic rings. The van der Waals surface area contributed by atoms with Crippen molar-refractivity contribution in [2.24, 2.45) is 0 Å². The second-order valence-electron chi connectivity index (χ2n) is 3.32. The number of likely N-dealkylation sites (N-methyl/N-ethyl adjacent to an activating group) is 1. The third kappa shape index (κ3) is 2.13. The zero-order valence-corrected chi connectivity index (χ0v) is 9.83. The van der Waals surface area contributed by atoms with Gasteiger partial charge in [0.2, 0.25) is 5.13 Å². The van der Waals surface area contributed by atoms with Crippen molar-refractivity contribution in [2.75, 3.05) is 37.6 Å². The van der Waals surface area contributed by atoms with Gasteiger partial charge in [0.05, 0.1) is 0 Å². The molecule has 0 aliphatic carbocycles. The maximum atomic E-state index is 5.01. The Hall–Kier alpha value is -0.460. The Morgan fingerprint density at radius 1 is 1.43 bits per heavy atom. The third-order valence-electron chi connectivity index (χ3n) is 2.52. The Morgan fingerprint density at radius 2 is 2.14 bits per heavy atom. The zero-order chi connectivity index (χ0) is 9.97. The molecule has 0 amide bonds. The van der Waals surface area contributed by atoms with Crippen LogP contribution in [0.25, 0.3) is 0 Å². The van der Waals surface area contributed by atoms with Gasteiger partial charge in [0.25, 0.3) is 0 Å². The molecule has 14 heavy (non-hydrogen) atoms. The topological polar surface area (TPSA) is 35.2 Å². The van der Waals surface area contributed by atoms with E-state index in [2.05, 4.69) is 26.9 Å². The summed E-state index contributed by atoms with van der Waals surface area (Å²) >= 11 is 6.57. The highest BCUT2D eigenvalue weighted by molar-refractivity contribution is 7.73. The molecule has 0 saturated carbocycles. The van der Waals surface area contributed by atoms with Gasteiger partial charge in [0.1, 0.15) is 0 Å². The third-order valence-corrected chi connectivity index (χ3v) is 3.67. The van der Waals surface area contributed by atoms with Crippen LogP contribution in [0.15, 0.2) is 0 Å². The minimum absolute atomic E-state index is 0.762. The Bertz CT molecular complexity index is 337. The van der Waals surface area contributed by atoms with E-state index in [-0.39, 0.29) is 0 Å². The predicted octanol–water partition coefficient (Wildman–Crippen LogP) is 1.34. The van der Waals surface area contributed by atoms with Gasteiger partial charge in [-0.25, -0.2) is 0 Å². The summed E-state index contributed by atoms with van der Waals surface area (Å²) < 4.78 is 0.762. The van der Waals surface area contributed by atoms with Crippen LogP contribution in [0.4, 0.5) is 5.13 Å². The quantitative estimate of drug-likeness (QED) is 0.778. The molecule has 1 saturated heterocycles. The van der Waals surface area contributed by atoms with Gasteiger partial charge in [-0.3, -0.25) is 5.10 Å². The molecule has 0 atom stereocenters. The van der Waals surface area contributed by atoms with Crippen molar-refractivity contribution in [3.8, 4) is 0 Å². The molecule has 0 radical (unpaired) electrons. The first-order valence-electron chi connectivity index (χ1n) is 4.82. The summed E-state index contributed by atoms with van der Waals surface area (Å²) in [6.07, 6.45) is 0. The molecule has 1 aromatic heterocycles. The fourth-order valence-electron chi connectivity index (χ4n) is 1.61. The van der Waals surface area contributed by atoms with Crippen molar-refractivity contribution in [3.63, 3.8) is 0 Å². The summed E-state index contributed by atoms with van der Waals surface area (Å²) in [6, 6.07) is 0. The van der Waals surface area contributed by atoms with Gasteiger partial charge in [-0.1, -0.05) is 18.3 Å². The smallest absolute Gasteiger partial charge is 0.207 e. The van der Waals surface area contributed by atoms with Crippen molar-refractivity contribution in [1.82, 2.24) is 15.1 Å². The molecule has 6 heteroatoms. The van der Waals surface area contributed by atoms with Crippen LogP contribution in [-0.4, -0.2) is 47.8 Å². The van der Waals surface area contributed by atoms with E-state index in [1.54, 1.807) is 11.3 Å². The minimum Gasteiger partial charge on any atom is -0.344 e. The van der Waals surface area contributed by atoms with Crippen molar-refractivity contribution in [3.05, 3.63) is 3.95 Å². The van der Waals surface area contributed by atoms with Crippen LogP contribution >= 0.6 is 23.6 Å². The molecule has 2 heterocycles. The highest BCUT2D eigenvalue weighted by Crippen LogP contribution is 2.18. The molecule has 1 N–H and O–H groups in total. The fraction of sp³-hybridized carbons (Fsp3) is 0.750. The highest BCUT2D eigenvalue weighted by atomic mass is 32.1. The summed E-state index contributed by atoms with van der Waals surface area (Å²) in [7, 11) is 0. The average Bonchev–Trinajstić information content (AvgIpc) is 2.65. The summed E-state index contributed by atoms with van der Waals surface area (Å²) in [4.78, 5) is 4.74. The van der Waals surface area contributed by atoms with Crippen molar-refractivity contribution in [2.45, 2.75) is 6.92 Å². The van der Waals surface area contributed by atoms with Crippen LogP contribution in [0.3, 0.4) is 0 Å². The van der Waals surface area contributed by atoms with Crippen LogP contribution in [0.5, 0.6) is 0 Å². The highest BCUT2D eigenvalue weighted by Gasteiger charge is 2.17. The Balaban J connectivity index is 1.98. The van der Waals surface area contributed by atoms with Gasteiger partial charge in [0.15, 0.2) is 3.95 Å². The lowest BCUT2D eigenvalue weighted by atomic mass is 10.3. The SMILES string of the molecule is CCN1CCN(c2n[nH]c(=S)s2)CC1. The van der Waals surface area contributed by atoms with E-state index in [0.29, 0.717) is 0 Å². The van der Waals surface area contributed by atoms with Crippen LogP contribution < -0.4 is 4.90 Å². The Morgan fingerprint density at radius 3 is 2.64 bits per heavy atom. The number of hydrogen-bond acceptors (Lipinski definition) is 5. The maximum Gasteiger partial charge on any atom is 0.207 e. The monoisotopic (exact) mass is 230 g/mol. The van der Waals surface area contributed by atoms with Crippen LogP contribution in [0.2, 0.25) is 0 Å². The van der Waals surface area contributed by atoms with Gasteiger partial charge < -0.3 is 9.80 Å². The molecule has 4 nitrogen and oxygen atoms in total. The van der Waals surface area contributed by atoms with Crippen LogP contribution in [0, 0.1) is 3.95 Å². The lowest BCUT2D eigenvalue weighted by Crippen LogP contribution is -2.46. The molecule has 0 spiro atoms. The van der Waals surface area contributed by atoms with Crippen LogP contribution in [0.1, 0.15) is 6.92 Å². The summed E-state index contributed by atoms with van der Waals surface area (Å²) in [5, 5.41) is 8.04. The first kappa shape index (κ1) is 10.1. The predicted molar refractivity (Wildman–Crippen MR) is 61.6 cm³/mol. The Labute approximate surface area is 92.5 Å². The number of piperazine rings is 1. The van der Waals surface area contributed by atoms with Gasteiger partial charge >= 0.3 is 0 Å². The number of nitrogens with zero attached hydrogens (tertiary/aromatic N) is 3. The number of rotatable bonds is 2. The number of aromatic amines is 1. The first-order valence-corrected chi connectivity index (χ1v) is 6.05. The average molecular weight is 230 g/mol. The summed E-state index contributed by atoms with van der Waals surface area (Å²) in [5.41, 5.74) is 0. The summed E-state index contributed by atoms with van der Waals surface area (Å²) in [5.74, 6) is 0. The largest absolute Gasteiger partial charge is 0.344 e. The van der Waals surface area contributed by atoms with E-state index in [9.17, 15) is 0 Å². The van der Waals surface area contributed by atoms with Gasteiger partial charge in [0, 0.05) is 26.2 Å². The van der Waals surface area contributed by atoms with E-state index in [1.807, 2.05) is 0 Å². The number of anilines is 1. The second kappa shape index (κ2) is 4.37. The number of nitrogens with one attached hydrogen (secondary N) is 1. The van der Waals surface area contributed by atoms with E-state index in [1.165, 1.54) is 0 Å². The van der Waals surface area contributed by atoms with Crippen molar-refractivity contribution < 1.29 is 0 Å². The lowest BCUT2D eigenvalue weighted by molar-refractivity contribution is 0.271. The molecule has 78 valence electrons. The standard InChI is InChI=1S/C8H14N4S2/c1-2-11-3-5-12(6-4-11)7-9-10-8(13)14-7/h2-6H2,1H3,(H,10,13). The molecule has 0 unspecified atom stereocenters. The molecule has 0 aromatic carbocycles. The first-order chi connectivity index (χ1) is 6.79. The number of H-pyrrole nitrogens is 1. The van der Waals surface area contributed by atoms with E-state index >= 15 is 0 Å². The molecular weight excluding hydrogens is 216 g/mol. The molecule has 1 aromatic rings. The molecule has 2 rings (SSSR count). The molecule has 0 bridgehead atoms. The van der Waals surface area contributed by atoms with E-state index < -0.39 is 0 Å². The van der Waals surface area contributed by atoms with Gasteiger partial charge in [-0.15, -0.1) is 5.10 Å². The zero-order valence-electron chi connectivity index (χ0n) is 8.19. The lowest BCUT2D eigenvalue weighted by Gasteiger charge is -2.33. The minimum atomic E-state index is 0.762. The molecule has 1 fully saturated rings. The fourth-order valence-corrected chi connectivity index (χ4v) is 2.54. The molecule has 1 aliphatic heterocycles. The molecular formula is C8H14N4S2. The van der Waals surface area contributed by atoms with Crippen LogP contribution in [-0.2, 0) is 0 Å². The number of hydrogen-bond donors (Lipinski definition) is 1. The Kier molecular flexibility index (Phi) is 3.15. The van der Waals surface area contributed by atoms with Crippen molar-refractivity contribution in [1.29, 1.82) is 0 Å².